The molecule has 0 aliphatic heterocycles. The average Bonchev–Trinajstić information content (AvgIpc) is 2.22. The molecule has 0 N–H and O–H groups in total. The Morgan fingerprint density at radius 2 is 2.12 bits per heavy atom. The summed E-state index contributed by atoms with van der Waals surface area (Å²) in [5.41, 5.74) is -0.275. The molecule has 2 nitrogen and oxygen atoms in total. The lowest BCUT2D eigenvalue weighted by Crippen LogP contribution is -2.26. The summed E-state index contributed by atoms with van der Waals surface area (Å²) in [7, 11) is 0. The van der Waals surface area contributed by atoms with Gasteiger partial charge in [-0.2, -0.15) is 5.26 Å². The molecule has 0 aliphatic rings. The quantitative estimate of drug-likeness (QED) is 0.828. The minimum absolute atomic E-state index is 0.166. The second-order valence-electron chi connectivity index (χ2n) is 3.91. The zero-order valence-corrected chi connectivity index (χ0v) is 10.6. The first kappa shape index (κ1) is 13.0. The summed E-state index contributed by atoms with van der Waals surface area (Å²) in [6, 6.07) is 7.07. The van der Waals surface area contributed by atoms with Crippen molar-refractivity contribution in [1.82, 2.24) is 0 Å². The molecule has 1 aromatic rings. The molecule has 0 saturated heterocycles. The van der Waals surface area contributed by atoms with Crippen LogP contribution in [0.5, 0.6) is 0 Å². The van der Waals surface area contributed by atoms with Crippen LogP contribution in [0.2, 0.25) is 10.0 Å². The minimum Gasteiger partial charge on any atom is -0.298 e. The molecule has 4 heteroatoms. The van der Waals surface area contributed by atoms with Gasteiger partial charge in [0.1, 0.15) is 11.2 Å². The number of ketones is 1. The molecule has 0 fully saturated rings. The average molecular weight is 256 g/mol. The van der Waals surface area contributed by atoms with Crippen LogP contribution in [-0.4, -0.2) is 5.78 Å². The fraction of sp³-hybridized carbons (Fsp3) is 0.333. The van der Waals surface area contributed by atoms with Crippen molar-refractivity contribution in [3.63, 3.8) is 0 Å². The third kappa shape index (κ3) is 2.75. The van der Waals surface area contributed by atoms with Crippen molar-refractivity contribution in [2.45, 2.75) is 20.3 Å². The maximum absolute atomic E-state index is 11.4. The third-order valence-corrected chi connectivity index (χ3v) is 3.17. The van der Waals surface area contributed by atoms with Crippen LogP contribution in [0.15, 0.2) is 18.2 Å². The highest BCUT2D eigenvalue weighted by Crippen LogP contribution is 2.29. The Morgan fingerprint density at radius 1 is 1.50 bits per heavy atom. The van der Waals surface area contributed by atoms with Gasteiger partial charge >= 0.3 is 0 Å². The van der Waals surface area contributed by atoms with Gasteiger partial charge < -0.3 is 0 Å². The van der Waals surface area contributed by atoms with Gasteiger partial charge in [0.05, 0.1) is 6.07 Å². The van der Waals surface area contributed by atoms with Crippen LogP contribution in [0.25, 0.3) is 0 Å². The summed E-state index contributed by atoms with van der Waals surface area (Å²) in [5.74, 6) is -0.166. The Bertz CT molecular complexity index is 465. The highest BCUT2D eigenvalue weighted by molar-refractivity contribution is 6.35. The Labute approximate surface area is 105 Å². The molecule has 1 rings (SSSR count). The van der Waals surface area contributed by atoms with Crippen LogP contribution in [0.4, 0.5) is 0 Å². The molecule has 1 atom stereocenters. The van der Waals surface area contributed by atoms with E-state index in [4.69, 9.17) is 28.5 Å². The SMILES string of the molecule is CC(=O)C(C)(C#N)Cc1ccc(Cl)cc1Cl. The van der Waals surface area contributed by atoms with E-state index in [1.54, 1.807) is 25.1 Å². The number of Topliss-reactive ketones (excluding diaryl/α,β-unsaturated/α-hetero) is 1. The number of carbonyl (C=O) groups is 1. The first-order chi connectivity index (χ1) is 7.39. The Balaban J connectivity index is 3.05. The summed E-state index contributed by atoms with van der Waals surface area (Å²) >= 11 is 11.8. The van der Waals surface area contributed by atoms with Gasteiger partial charge in [-0.15, -0.1) is 0 Å². The molecule has 0 heterocycles. The van der Waals surface area contributed by atoms with E-state index in [1.165, 1.54) is 6.92 Å². The van der Waals surface area contributed by atoms with Crippen molar-refractivity contribution in [2.24, 2.45) is 5.41 Å². The molecule has 0 radical (unpaired) electrons. The summed E-state index contributed by atoms with van der Waals surface area (Å²) in [5, 5.41) is 10.0. The Morgan fingerprint density at radius 3 is 2.56 bits per heavy atom. The van der Waals surface area contributed by atoms with E-state index < -0.39 is 5.41 Å². The smallest absolute Gasteiger partial charge is 0.150 e. The summed E-state index contributed by atoms with van der Waals surface area (Å²) in [6.45, 7) is 3.02. The van der Waals surface area contributed by atoms with Crippen LogP contribution < -0.4 is 0 Å². The van der Waals surface area contributed by atoms with E-state index in [1.807, 2.05) is 6.07 Å². The normalized spacial score (nSPS) is 13.9. The molecule has 0 aliphatic carbocycles. The number of benzene rings is 1. The van der Waals surface area contributed by atoms with Gasteiger partial charge in [-0.1, -0.05) is 29.3 Å². The summed E-state index contributed by atoms with van der Waals surface area (Å²) < 4.78 is 0. The number of rotatable bonds is 3. The molecular weight excluding hydrogens is 245 g/mol. The van der Waals surface area contributed by atoms with Crippen molar-refractivity contribution in [2.75, 3.05) is 0 Å². The van der Waals surface area contributed by atoms with Crippen LogP contribution in [0.3, 0.4) is 0 Å². The predicted octanol–water partition coefficient (Wildman–Crippen LogP) is 3.65. The molecule has 1 aromatic carbocycles. The van der Waals surface area contributed by atoms with Gasteiger partial charge in [0.15, 0.2) is 0 Å². The number of carbonyl (C=O) groups excluding carboxylic acids is 1. The van der Waals surface area contributed by atoms with E-state index in [0.717, 1.165) is 5.56 Å². The molecule has 84 valence electrons. The molecule has 0 spiro atoms. The van der Waals surface area contributed by atoms with Crippen LogP contribution in [-0.2, 0) is 11.2 Å². The van der Waals surface area contributed by atoms with Crippen molar-refractivity contribution < 1.29 is 4.79 Å². The van der Waals surface area contributed by atoms with Gasteiger partial charge in [-0.25, -0.2) is 0 Å². The maximum Gasteiger partial charge on any atom is 0.150 e. The van der Waals surface area contributed by atoms with E-state index in [-0.39, 0.29) is 5.78 Å². The number of nitrogens with zero attached hydrogens (tertiary/aromatic N) is 1. The number of hydrogen-bond acceptors (Lipinski definition) is 2. The van der Waals surface area contributed by atoms with E-state index in [0.29, 0.717) is 16.5 Å². The standard InChI is InChI=1S/C12H11Cl2NO/c1-8(16)12(2,7-15)6-9-3-4-10(13)5-11(9)14/h3-5H,6H2,1-2H3. The Kier molecular flexibility index (Phi) is 3.96. The lowest BCUT2D eigenvalue weighted by molar-refractivity contribution is -0.123. The third-order valence-electron chi connectivity index (χ3n) is 2.58. The number of hydrogen-bond donors (Lipinski definition) is 0. The topological polar surface area (TPSA) is 40.9 Å². The highest BCUT2D eigenvalue weighted by atomic mass is 35.5. The van der Waals surface area contributed by atoms with Gasteiger partial charge in [0.2, 0.25) is 0 Å². The molecule has 1 unspecified atom stereocenters. The zero-order valence-electron chi connectivity index (χ0n) is 9.05. The van der Waals surface area contributed by atoms with E-state index >= 15 is 0 Å². The van der Waals surface area contributed by atoms with Gasteiger partial charge in [-0.3, -0.25) is 4.79 Å². The van der Waals surface area contributed by atoms with Gasteiger partial charge in [-0.05, 0) is 38.0 Å². The molecule has 0 bridgehead atoms. The van der Waals surface area contributed by atoms with Crippen LogP contribution in [0.1, 0.15) is 19.4 Å². The maximum atomic E-state index is 11.4. The van der Waals surface area contributed by atoms with Crippen molar-refractivity contribution in [3.05, 3.63) is 33.8 Å². The van der Waals surface area contributed by atoms with E-state index in [2.05, 4.69) is 0 Å². The fourth-order valence-electron chi connectivity index (χ4n) is 1.29. The largest absolute Gasteiger partial charge is 0.298 e. The van der Waals surface area contributed by atoms with E-state index in [9.17, 15) is 4.79 Å². The first-order valence-electron chi connectivity index (χ1n) is 4.75. The summed E-state index contributed by atoms with van der Waals surface area (Å²) in [6.07, 6.45) is 0.300. The zero-order chi connectivity index (χ0) is 12.3. The second-order valence-corrected chi connectivity index (χ2v) is 4.76. The molecule has 0 saturated carbocycles. The molecular formula is C12H11Cl2NO. The molecule has 0 aromatic heterocycles. The number of nitriles is 1. The van der Waals surface area contributed by atoms with Crippen LogP contribution in [0, 0.1) is 16.7 Å². The summed E-state index contributed by atoms with van der Waals surface area (Å²) in [4.78, 5) is 11.4. The second kappa shape index (κ2) is 4.86. The van der Waals surface area contributed by atoms with Crippen molar-refractivity contribution in [3.8, 4) is 6.07 Å². The first-order valence-corrected chi connectivity index (χ1v) is 5.51. The monoisotopic (exact) mass is 255 g/mol. The van der Waals surface area contributed by atoms with Crippen molar-refractivity contribution in [1.29, 1.82) is 5.26 Å². The lowest BCUT2D eigenvalue weighted by Gasteiger charge is -2.18. The fourth-order valence-corrected chi connectivity index (χ4v) is 1.76. The van der Waals surface area contributed by atoms with Gasteiger partial charge in [0.25, 0.3) is 0 Å². The lowest BCUT2D eigenvalue weighted by atomic mass is 9.82. The number of halogens is 2. The van der Waals surface area contributed by atoms with Crippen LogP contribution >= 0.6 is 23.2 Å². The molecule has 16 heavy (non-hydrogen) atoms. The highest BCUT2D eigenvalue weighted by Gasteiger charge is 2.30. The molecule has 0 amide bonds. The van der Waals surface area contributed by atoms with Crippen molar-refractivity contribution >= 4 is 29.0 Å². The van der Waals surface area contributed by atoms with Gasteiger partial charge in [0, 0.05) is 10.0 Å². The Hall–Kier alpha value is -1.04. The predicted molar refractivity (Wildman–Crippen MR) is 64.6 cm³/mol. The minimum atomic E-state index is -1.03.